The first-order valence-corrected chi connectivity index (χ1v) is 21.1. The van der Waals surface area contributed by atoms with E-state index in [1.54, 1.807) is 0 Å². The van der Waals surface area contributed by atoms with Crippen LogP contribution in [0.5, 0.6) is 0 Å². The lowest BCUT2D eigenvalue weighted by Crippen LogP contribution is -2.10. The SMILES string of the molecule is c1cc(-c2cccc3oc4ccccc4c23)cc(N(c2ccc3ccccc3c2)c2cc(-c3cccc(-n4c5ccccc5c5ccccc54)c3)c3oc4ccccc4c3c2)c1. The fourth-order valence-corrected chi connectivity index (χ4v) is 9.76. The molecule has 4 heteroatoms. The Morgan fingerprint density at radius 2 is 0.952 bits per heavy atom. The maximum Gasteiger partial charge on any atom is 0.143 e. The third-order valence-electron chi connectivity index (χ3n) is 12.5. The first kappa shape index (κ1) is 34.5. The number of hydrogen-bond acceptors (Lipinski definition) is 3. The molecule has 0 saturated carbocycles. The van der Waals surface area contributed by atoms with Crippen LogP contribution in [0.1, 0.15) is 0 Å². The van der Waals surface area contributed by atoms with E-state index in [1.165, 1.54) is 32.6 Å². The van der Waals surface area contributed by atoms with Crippen molar-refractivity contribution in [3.63, 3.8) is 0 Å². The van der Waals surface area contributed by atoms with Crippen molar-refractivity contribution >= 4 is 93.5 Å². The molecular weight excluding hydrogens is 757 g/mol. The number of fused-ring (bicyclic) bond motifs is 10. The average molecular weight is 793 g/mol. The predicted octanol–water partition coefficient (Wildman–Crippen LogP) is 16.5. The molecule has 290 valence electrons. The van der Waals surface area contributed by atoms with Crippen LogP contribution in [0.2, 0.25) is 0 Å². The van der Waals surface area contributed by atoms with Gasteiger partial charge in [0.05, 0.1) is 11.0 Å². The molecule has 0 fully saturated rings. The number of para-hydroxylation sites is 4. The van der Waals surface area contributed by atoms with Gasteiger partial charge in [0.25, 0.3) is 0 Å². The first-order valence-electron chi connectivity index (χ1n) is 21.1. The topological polar surface area (TPSA) is 34.5 Å². The van der Waals surface area contributed by atoms with Crippen molar-refractivity contribution in [2.75, 3.05) is 4.90 Å². The molecule has 3 heterocycles. The van der Waals surface area contributed by atoms with Crippen LogP contribution in [0.15, 0.2) is 227 Å². The van der Waals surface area contributed by atoms with Crippen LogP contribution in [-0.4, -0.2) is 4.57 Å². The molecule has 0 aliphatic rings. The van der Waals surface area contributed by atoms with Gasteiger partial charge >= 0.3 is 0 Å². The lowest BCUT2D eigenvalue weighted by Gasteiger charge is -2.27. The molecule has 0 aliphatic carbocycles. The monoisotopic (exact) mass is 792 g/mol. The van der Waals surface area contributed by atoms with Gasteiger partial charge in [0.15, 0.2) is 0 Å². The summed E-state index contributed by atoms with van der Waals surface area (Å²) in [5, 5.41) is 9.22. The largest absolute Gasteiger partial charge is 0.456 e. The normalized spacial score (nSPS) is 11.9. The van der Waals surface area contributed by atoms with Crippen LogP contribution in [-0.2, 0) is 0 Å². The van der Waals surface area contributed by atoms with Gasteiger partial charge < -0.3 is 18.3 Å². The second kappa shape index (κ2) is 13.6. The molecule has 13 rings (SSSR count). The highest BCUT2D eigenvalue weighted by Crippen LogP contribution is 2.46. The van der Waals surface area contributed by atoms with Gasteiger partial charge in [-0.15, -0.1) is 0 Å². The van der Waals surface area contributed by atoms with Crippen molar-refractivity contribution in [3.8, 4) is 27.9 Å². The quantitative estimate of drug-likeness (QED) is 0.168. The van der Waals surface area contributed by atoms with Crippen LogP contribution in [0.25, 0.3) is 104 Å². The maximum absolute atomic E-state index is 6.82. The summed E-state index contributed by atoms with van der Waals surface area (Å²) in [7, 11) is 0. The van der Waals surface area contributed by atoms with E-state index in [2.05, 4.69) is 210 Å². The molecule has 0 atom stereocenters. The molecule has 3 aromatic heterocycles. The summed E-state index contributed by atoms with van der Waals surface area (Å²) >= 11 is 0. The Hall–Kier alpha value is -8.34. The zero-order chi connectivity index (χ0) is 40.7. The van der Waals surface area contributed by atoms with Crippen LogP contribution < -0.4 is 4.90 Å². The number of rotatable bonds is 6. The Labute approximate surface area is 356 Å². The zero-order valence-corrected chi connectivity index (χ0v) is 33.5. The van der Waals surface area contributed by atoms with E-state index in [1.807, 2.05) is 18.2 Å². The van der Waals surface area contributed by atoms with E-state index in [9.17, 15) is 0 Å². The van der Waals surface area contributed by atoms with Gasteiger partial charge in [-0.2, -0.15) is 0 Å². The second-order valence-electron chi connectivity index (χ2n) is 16.1. The molecule has 0 amide bonds. The minimum atomic E-state index is 0.860. The molecule has 4 nitrogen and oxygen atoms in total. The average Bonchev–Trinajstić information content (AvgIpc) is 4.01. The molecule has 13 aromatic rings. The fraction of sp³-hybridized carbons (Fsp3) is 0. The summed E-state index contributed by atoms with van der Waals surface area (Å²) in [6.45, 7) is 0. The molecule has 0 unspecified atom stereocenters. The van der Waals surface area contributed by atoms with Crippen molar-refractivity contribution in [1.82, 2.24) is 4.57 Å². The lowest BCUT2D eigenvalue weighted by molar-refractivity contribution is 0.669. The third-order valence-corrected chi connectivity index (χ3v) is 12.5. The van der Waals surface area contributed by atoms with Gasteiger partial charge in [-0.25, -0.2) is 0 Å². The number of aromatic nitrogens is 1. The van der Waals surface area contributed by atoms with Gasteiger partial charge in [0.1, 0.15) is 22.3 Å². The van der Waals surface area contributed by atoms with Crippen molar-refractivity contribution in [2.24, 2.45) is 0 Å². The van der Waals surface area contributed by atoms with Crippen LogP contribution in [0, 0.1) is 0 Å². The zero-order valence-electron chi connectivity index (χ0n) is 33.5. The number of furan rings is 2. The minimum Gasteiger partial charge on any atom is -0.456 e. The summed E-state index contributed by atoms with van der Waals surface area (Å²) in [4.78, 5) is 2.39. The van der Waals surface area contributed by atoms with E-state index in [0.717, 1.165) is 88.9 Å². The summed E-state index contributed by atoms with van der Waals surface area (Å²) < 4.78 is 15.6. The van der Waals surface area contributed by atoms with Gasteiger partial charge in [0, 0.05) is 60.6 Å². The third kappa shape index (κ3) is 5.33. The van der Waals surface area contributed by atoms with Crippen LogP contribution >= 0.6 is 0 Å². The Kier molecular flexibility index (Phi) is 7.57. The van der Waals surface area contributed by atoms with Crippen LogP contribution in [0.4, 0.5) is 17.1 Å². The standard InChI is InChI=1S/C58H36N2O2/c1-2-15-38-32-43(31-30-37(38)14-1)59(41-18-11-16-39(33-41)45-24-13-29-56-57(45)49-23-6-10-28-55(49)61-56)44-35-50(58-51(36-44)48-22-5-9-27-54(48)62-58)40-17-12-19-42(34-40)60-52-25-7-3-20-46(52)47-21-4-8-26-53(47)60/h1-36H. The molecule has 0 N–H and O–H groups in total. The summed E-state index contributed by atoms with van der Waals surface area (Å²) in [5.41, 5.74) is 14.4. The highest BCUT2D eigenvalue weighted by atomic mass is 16.3. The molecule has 0 spiro atoms. The molecular formula is C58H36N2O2. The van der Waals surface area contributed by atoms with Crippen molar-refractivity contribution < 1.29 is 8.83 Å². The summed E-state index contributed by atoms with van der Waals surface area (Å²) in [5.74, 6) is 0. The second-order valence-corrected chi connectivity index (χ2v) is 16.1. The molecule has 10 aromatic carbocycles. The Bertz CT molecular complexity index is 3850. The smallest absolute Gasteiger partial charge is 0.143 e. The van der Waals surface area contributed by atoms with Crippen molar-refractivity contribution in [2.45, 2.75) is 0 Å². The fourth-order valence-electron chi connectivity index (χ4n) is 9.76. The highest BCUT2D eigenvalue weighted by Gasteiger charge is 2.22. The van der Waals surface area contributed by atoms with Crippen LogP contribution in [0.3, 0.4) is 0 Å². The van der Waals surface area contributed by atoms with E-state index >= 15 is 0 Å². The number of hydrogen-bond donors (Lipinski definition) is 0. The minimum absolute atomic E-state index is 0.860. The van der Waals surface area contributed by atoms with E-state index in [-0.39, 0.29) is 0 Å². The highest BCUT2D eigenvalue weighted by molar-refractivity contribution is 6.14. The van der Waals surface area contributed by atoms with Crippen molar-refractivity contribution in [3.05, 3.63) is 218 Å². The first-order chi connectivity index (χ1) is 30.7. The number of anilines is 3. The molecule has 62 heavy (non-hydrogen) atoms. The number of benzene rings is 10. The maximum atomic E-state index is 6.82. The van der Waals surface area contributed by atoms with E-state index in [4.69, 9.17) is 8.83 Å². The number of nitrogens with zero attached hydrogens (tertiary/aromatic N) is 2. The molecule has 0 aliphatic heterocycles. The van der Waals surface area contributed by atoms with Gasteiger partial charge in [0.2, 0.25) is 0 Å². The Morgan fingerprint density at radius 1 is 0.339 bits per heavy atom. The lowest BCUT2D eigenvalue weighted by atomic mass is 9.97. The Morgan fingerprint density at radius 3 is 1.76 bits per heavy atom. The predicted molar refractivity (Wildman–Crippen MR) is 258 cm³/mol. The summed E-state index contributed by atoms with van der Waals surface area (Å²) in [6.07, 6.45) is 0. The molecule has 0 bridgehead atoms. The van der Waals surface area contributed by atoms with E-state index in [0.29, 0.717) is 0 Å². The van der Waals surface area contributed by atoms with Crippen molar-refractivity contribution in [1.29, 1.82) is 0 Å². The van der Waals surface area contributed by atoms with Gasteiger partial charge in [-0.3, -0.25) is 0 Å². The molecule has 0 saturated heterocycles. The van der Waals surface area contributed by atoms with Gasteiger partial charge in [-0.1, -0.05) is 140 Å². The van der Waals surface area contributed by atoms with E-state index < -0.39 is 0 Å². The summed E-state index contributed by atoms with van der Waals surface area (Å²) in [6, 6.07) is 78.1. The van der Waals surface area contributed by atoms with Gasteiger partial charge in [-0.05, 0) is 106 Å². The Balaban J connectivity index is 1.06. The molecule has 0 radical (unpaired) electrons.